The Labute approximate surface area is 141 Å². The molecule has 24 heavy (non-hydrogen) atoms. The predicted molar refractivity (Wildman–Crippen MR) is 87.3 cm³/mol. The second kappa shape index (κ2) is 6.29. The van der Waals surface area contributed by atoms with Gasteiger partial charge in [0.1, 0.15) is 17.4 Å². The highest BCUT2D eigenvalue weighted by Crippen LogP contribution is 2.37. The molecule has 2 rings (SSSR count). The van der Waals surface area contributed by atoms with Crippen LogP contribution in [-0.2, 0) is 11.6 Å². The third-order valence-corrected chi connectivity index (χ3v) is 4.51. The van der Waals surface area contributed by atoms with Gasteiger partial charge in [-0.3, -0.25) is 0 Å². The average Bonchev–Trinajstić information content (AvgIpc) is 2.97. The topological polar surface area (TPSA) is 56.9 Å². The number of hydrogen-bond acceptors (Lipinski definition) is 4. The molecule has 0 bridgehead atoms. The van der Waals surface area contributed by atoms with Crippen molar-refractivity contribution in [1.29, 1.82) is 5.26 Å². The lowest BCUT2D eigenvalue weighted by molar-refractivity contribution is -0.137. The molecular weight excluding hydrogens is 337 g/mol. The first kappa shape index (κ1) is 18.0. The fraction of sp³-hybridized carbons (Fsp3) is 0.294. The Morgan fingerprint density at radius 1 is 1.21 bits per heavy atom. The van der Waals surface area contributed by atoms with E-state index in [4.69, 9.17) is 0 Å². The molecule has 1 aromatic heterocycles. The van der Waals surface area contributed by atoms with Crippen molar-refractivity contribution in [2.45, 2.75) is 32.4 Å². The molecule has 1 aromatic carbocycles. The van der Waals surface area contributed by atoms with E-state index in [9.17, 15) is 23.5 Å². The molecule has 1 N–H and O–H groups in total. The summed E-state index contributed by atoms with van der Waals surface area (Å²) in [6.07, 6.45) is -4.64. The number of nitriles is 1. The number of aliphatic hydroxyl groups excluding tert-OH is 1. The molecule has 0 amide bonds. The third-order valence-electron chi connectivity index (χ3n) is 3.24. The first-order chi connectivity index (χ1) is 11.1. The van der Waals surface area contributed by atoms with Crippen molar-refractivity contribution in [3.05, 3.63) is 51.5 Å². The number of halogens is 3. The van der Waals surface area contributed by atoms with E-state index in [0.717, 1.165) is 17.1 Å². The number of benzene rings is 1. The fourth-order valence-corrected chi connectivity index (χ4v) is 2.93. The summed E-state index contributed by atoms with van der Waals surface area (Å²) in [5.74, 6) is -0.726. The standard InChI is InChI=1S/C17H15F3N2OS/c1-16(2,3)15-22-13(9-24-15)11(8-21)14(23)10-6-4-5-7-12(10)17(18,19)20/h4-7,9,23H,1-3H3/b14-11-. The molecule has 3 nitrogen and oxygen atoms in total. The normalized spacial score (nSPS) is 13.4. The Bertz CT molecular complexity index is 823. The zero-order valence-corrected chi connectivity index (χ0v) is 14.1. The smallest absolute Gasteiger partial charge is 0.417 e. The quantitative estimate of drug-likeness (QED) is 0.581. The summed E-state index contributed by atoms with van der Waals surface area (Å²) in [4.78, 5) is 4.29. The molecule has 0 aliphatic rings. The first-order valence-electron chi connectivity index (χ1n) is 7.02. The minimum atomic E-state index is -4.64. The van der Waals surface area contributed by atoms with Crippen molar-refractivity contribution in [2.75, 3.05) is 0 Å². The summed E-state index contributed by atoms with van der Waals surface area (Å²) in [6.45, 7) is 5.80. The highest BCUT2D eigenvalue weighted by Gasteiger charge is 2.34. The van der Waals surface area contributed by atoms with Gasteiger partial charge in [0.15, 0.2) is 0 Å². The van der Waals surface area contributed by atoms with Gasteiger partial charge in [-0.1, -0.05) is 39.0 Å². The number of aliphatic hydroxyl groups is 1. The van der Waals surface area contributed by atoms with Gasteiger partial charge in [-0.25, -0.2) is 4.98 Å². The molecule has 0 radical (unpaired) electrons. The molecule has 0 spiro atoms. The van der Waals surface area contributed by atoms with Crippen molar-refractivity contribution >= 4 is 22.7 Å². The molecule has 0 saturated heterocycles. The number of nitrogens with zero attached hydrogens (tertiary/aromatic N) is 2. The Hall–Kier alpha value is -2.33. The summed E-state index contributed by atoms with van der Waals surface area (Å²) >= 11 is 1.29. The van der Waals surface area contributed by atoms with Crippen LogP contribution < -0.4 is 0 Å². The zero-order chi connectivity index (χ0) is 18.1. The van der Waals surface area contributed by atoms with Crippen LogP contribution in [0.2, 0.25) is 0 Å². The second-order valence-corrected chi connectivity index (χ2v) is 7.02. The SMILES string of the molecule is CC(C)(C)c1nc(/C(C#N)=C(\O)c2ccccc2C(F)(F)F)cs1. The predicted octanol–water partition coefficient (Wildman–Crippen LogP) is 5.41. The van der Waals surface area contributed by atoms with E-state index >= 15 is 0 Å². The summed E-state index contributed by atoms with van der Waals surface area (Å²) in [6, 6.07) is 6.36. The van der Waals surface area contributed by atoms with Crippen LogP contribution in [0.3, 0.4) is 0 Å². The van der Waals surface area contributed by atoms with Gasteiger partial charge >= 0.3 is 6.18 Å². The molecule has 0 aliphatic carbocycles. The molecule has 2 aromatic rings. The largest absolute Gasteiger partial charge is 0.506 e. The van der Waals surface area contributed by atoms with E-state index in [-0.39, 0.29) is 16.7 Å². The van der Waals surface area contributed by atoms with E-state index < -0.39 is 23.1 Å². The zero-order valence-electron chi connectivity index (χ0n) is 13.3. The highest BCUT2D eigenvalue weighted by molar-refractivity contribution is 7.10. The van der Waals surface area contributed by atoms with Crippen molar-refractivity contribution in [3.63, 3.8) is 0 Å². The van der Waals surface area contributed by atoms with Gasteiger partial charge in [-0.05, 0) is 6.07 Å². The minimum Gasteiger partial charge on any atom is -0.506 e. The monoisotopic (exact) mass is 352 g/mol. The number of aromatic nitrogens is 1. The molecule has 0 saturated carbocycles. The van der Waals surface area contributed by atoms with Gasteiger partial charge in [-0.15, -0.1) is 11.3 Å². The maximum Gasteiger partial charge on any atom is 0.417 e. The van der Waals surface area contributed by atoms with Crippen LogP contribution >= 0.6 is 11.3 Å². The average molecular weight is 352 g/mol. The third kappa shape index (κ3) is 3.60. The molecule has 0 fully saturated rings. The maximum atomic E-state index is 13.1. The van der Waals surface area contributed by atoms with Gasteiger partial charge in [0.05, 0.1) is 16.3 Å². The summed E-state index contributed by atoms with van der Waals surface area (Å²) in [5, 5.41) is 21.9. The lowest BCUT2D eigenvalue weighted by atomic mass is 9.98. The van der Waals surface area contributed by atoms with E-state index in [1.807, 2.05) is 20.8 Å². The van der Waals surface area contributed by atoms with Gasteiger partial charge < -0.3 is 5.11 Å². The molecule has 0 atom stereocenters. The van der Waals surface area contributed by atoms with Crippen molar-refractivity contribution in [2.24, 2.45) is 0 Å². The van der Waals surface area contributed by atoms with Crippen molar-refractivity contribution in [3.8, 4) is 6.07 Å². The van der Waals surface area contributed by atoms with Crippen LogP contribution in [-0.4, -0.2) is 10.1 Å². The number of hydrogen-bond donors (Lipinski definition) is 1. The molecule has 7 heteroatoms. The van der Waals surface area contributed by atoms with Gasteiger partial charge in [0.25, 0.3) is 0 Å². The van der Waals surface area contributed by atoms with Crippen molar-refractivity contribution < 1.29 is 18.3 Å². The van der Waals surface area contributed by atoms with E-state index in [1.165, 1.54) is 23.5 Å². The minimum absolute atomic E-state index is 0.168. The van der Waals surface area contributed by atoms with Crippen LogP contribution in [0.25, 0.3) is 11.3 Å². The second-order valence-electron chi connectivity index (χ2n) is 6.17. The fourth-order valence-electron chi connectivity index (χ4n) is 2.04. The van der Waals surface area contributed by atoms with Crippen LogP contribution in [0.5, 0.6) is 0 Å². The number of allylic oxidation sites excluding steroid dienone is 1. The number of alkyl halides is 3. The Morgan fingerprint density at radius 3 is 2.33 bits per heavy atom. The molecule has 0 aliphatic heterocycles. The highest BCUT2D eigenvalue weighted by atomic mass is 32.1. The van der Waals surface area contributed by atoms with E-state index in [2.05, 4.69) is 4.98 Å². The number of thiazole rings is 1. The summed E-state index contributed by atoms with van der Waals surface area (Å²) in [5.41, 5.74) is -1.81. The van der Waals surface area contributed by atoms with Gasteiger partial charge in [0.2, 0.25) is 0 Å². The summed E-state index contributed by atoms with van der Waals surface area (Å²) in [7, 11) is 0. The van der Waals surface area contributed by atoms with Gasteiger partial charge in [-0.2, -0.15) is 18.4 Å². The Kier molecular flexibility index (Phi) is 4.72. The Morgan fingerprint density at radius 2 is 1.83 bits per heavy atom. The van der Waals surface area contributed by atoms with Crippen LogP contribution in [0, 0.1) is 11.3 Å². The Balaban J connectivity index is 2.62. The van der Waals surface area contributed by atoms with Crippen LogP contribution in [0.1, 0.15) is 42.6 Å². The van der Waals surface area contributed by atoms with Crippen LogP contribution in [0.4, 0.5) is 13.2 Å². The molecule has 126 valence electrons. The first-order valence-corrected chi connectivity index (χ1v) is 7.90. The van der Waals surface area contributed by atoms with Gasteiger partial charge in [0, 0.05) is 16.4 Å². The summed E-state index contributed by atoms with van der Waals surface area (Å²) < 4.78 is 39.3. The molecule has 1 heterocycles. The lowest BCUT2D eigenvalue weighted by Crippen LogP contribution is -2.11. The molecular formula is C17H15F3N2OS. The van der Waals surface area contributed by atoms with E-state index in [1.54, 1.807) is 11.4 Å². The van der Waals surface area contributed by atoms with Crippen LogP contribution in [0.15, 0.2) is 29.6 Å². The lowest BCUT2D eigenvalue weighted by Gasteiger charge is -2.14. The maximum absolute atomic E-state index is 13.1. The van der Waals surface area contributed by atoms with E-state index in [0.29, 0.717) is 0 Å². The molecule has 0 unspecified atom stereocenters. The number of rotatable bonds is 2. The van der Waals surface area contributed by atoms with Crippen molar-refractivity contribution in [1.82, 2.24) is 4.98 Å².